The van der Waals surface area contributed by atoms with Gasteiger partial charge in [0.2, 0.25) is 5.78 Å². The molecule has 1 aromatic heterocycles. The van der Waals surface area contributed by atoms with Crippen LogP contribution in [0.3, 0.4) is 0 Å². The number of esters is 1. The van der Waals surface area contributed by atoms with Crippen molar-refractivity contribution < 1.29 is 28.6 Å². The third-order valence-corrected chi connectivity index (χ3v) is 5.52. The maximum absolute atomic E-state index is 13.4. The number of carbonyl (C=O) groups is 3. The van der Waals surface area contributed by atoms with Gasteiger partial charge in [0.15, 0.2) is 0 Å². The molecule has 3 aromatic rings. The second-order valence-electron chi connectivity index (χ2n) is 8.30. The number of benzene rings is 2. The molecule has 33 heavy (non-hydrogen) atoms. The number of carbonyl (C=O) groups excluding carboxylic acids is 3. The molecule has 3 rings (SSSR count). The van der Waals surface area contributed by atoms with Crippen molar-refractivity contribution >= 4 is 40.0 Å². The fourth-order valence-electron chi connectivity index (χ4n) is 3.33. The van der Waals surface area contributed by atoms with E-state index in [0.29, 0.717) is 28.7 Å². The molecule has 0 spiro atoms. The van der Waals surface area contributed by atoms with Crippen LogP contribution in [0.1, 0.15) is 48.0 Å². The minimum atomic E-state index is -0.885. The summed E-state index contributed by atoms with van der Waals surface area (Å²) >= 11 is 1.32. The Morgan fingerprint density at radius 3 is 2.42 bits per heavy atom. The highest BCUT2D eigenvalue weighted by atomic mass is 32.1. The van der Waals surface area contributed by atoms with Gasteiger partial charge in [0.1, 0.15) is 11.4 Å². The van der Waals surface area contributed by atoms with Crippen molar-refractivity contribution in [2.24, 2.45) is 0 Å². The molecule has 0 saturated carbocycles. The maximum Gasteiger partial charge on any atom is 0.514 e. The highest BCUT2D eigenvalue weighted by molar-refractivity contribution is 7.12. The van der Waals surface area contributed by atoms with Crippen LogP contribution in [-0.2, 0) is 20.7 Å². The largest absolute Gasteiger partial charge is 0.514 e. The number of thiophene rings is 1. The van der Waals surface area contributed by atoms with E-state index in [-0.39, 0.29) is 18.1 Å². The molecule has 0 fully saturated rings. The van der Waals surface area contributed by atoms with Crippen molar-refractivity contribution in [1.82, 2.24) is 0 Å². The molecule has 0 radical (unpaired) electrons. The minimum Gasteiger partial charge on any atom is -0.463 e. The highest BCUT2D eigenvalue weighted by Crippen LogP contribution is 2.35. The normalized spacial score (nSPS) is 11.1. The molecule has 0 N–H and O–H groups in total. The first-order valence-electron chi connectivity index (χ1n) is 10.5. The zero-order valence-corrected chi connectivity index (χ0v) is 19.7. The van der Waals surface area contributed by atoms with Crippen molar-refractivity contribution in [2.45, 2.75) is 39.2 Å². The predicted octanol–water partition coefficient (Wildman–Crippen LogP) is 6.11. The van der Waals surface area contributed by atoms with Crippen LogP contribution < -0.4 is 4.74 Å². The van der Waals surface area contributed by atoms with E-state index in [1.165, 1.54) is 11.3 Å². The van der Waals surface area contributed by atoms with E-state index >= 15 is 0 Å². The second-order valence-corrected chi connectivity index (χ2v) is 9.25. The number of hydrogen-bond donors (Lipinski definition) is 0. The van der Waals surface area contributed by atoms with Gasteiger partial charge in [-0.3, -0.25) is 4.79 Å². The molecule has 0 atom stereocenters. The number of ketones is 1. The molecule has 0 aliphatic rings. The first-order chi connectivity index (χ1) is 15.7. The smallest absolute Gasteiger partial charge is 0.463 e. The summed E-state index contributed by atoms with van der Waals surface area (Å²) in [6.07, 6.45) is 1.33. The van der Waals surface area contributed by atoms with Crippen LogP contribution in [0.4, 0.5) is 4.79 Å². The Morgan fingerprint density at radius 2 is 1.79 bits per heavy atom. The quantitative estimate of drug-likeness (QED) is 0.131. The molecule has 7 heteroatoms. The molecule has 0 amide bonds. The summed E-state index contributed by atoms with van der Waals surface area (Å²) in [5.74, 6) is -0.573. The van der Waals surface area contributed by atoms with E-state index in [1.807, 2.05) is 29.6 Å². The van der Waals surface area contributed by atoms with Crippen molar-refractivity contribution in [1.29, 1.82) is 0 Å². The van der Waals surface area contributed by atoms with Gasteiger partial charge < -0.3 is 14.2 Å². The number of fused-ring (bicyclic) bond motifs is 1. The van der Waals surface area contributed by atoms with Crippen LogP contribution >= 0.6 is 11.3 Å². The van der Waals surface area contributed by atoms with E-state index in [9.17, 15) is 14.4 Å². The monoisotopic (exact) mass is 466 g/mol. The van der Waals surface area contributed by atoms with Crippen molar-refractivity contribution in [3.8, 4) is 5.75 Å². The van der Waals surface area contributed by atoms with Crippen molar-refractivity contribution in [2.75, 3.05) is 6.61 Å². The van der Waals surface area contributed by atoms with Gasteiger partial charge in [0, 0.05) is 6.08 Å². The van der Waals surface area contributed by atoms with Gasteiger partial charge in [0.05, 0.1) is 17.0 Å². The van der Waals surface area contributed by atoms with Crippen LogP contribution in [0.15, 0.2) is 60.5 Å². The summed E-state index contributed by atoms with van der Waals surface area (Å²) in [5.41, 5.74) is 0.422. The van der Waals surface area contributed by atoms with Crippen molar-refractivity contribution in [3.63, 3.8) is 0 Å². The van der Waals surface area contributed by atoms with E-state index in [4.69, 9.17) is 14.2 Å². The zero-order chi connectivity index (χ0) is 24.0. The van der Waals surface area contributed by atoms with Gasteiger partial charge in [0.25, 0.3) is 0 Å². The van der Waals surface area contributed by atoms with Crippen LogP contribution in [0.5, 0.6) is 5.75 Å². The van der Waals surface area contributed by atoms with Crippen molar-refractivity contribution in [3.05, 3.63) is 76.5 Å². The Balaban J connectivity index is 2.04. The molecule has 0 unspecified atom stereocenters. The second kappa shape index (κ2) is 10.4. The molecule has 0 saturated heterocycles. The van der Waals surface area contributed by atoms with Gasteiger partial charge in [-0.1, -0.05) is 36.9 Å². The Kier molecular flexibility index (Phi) is 7.66. The van der Waals surface area contributed by atoms with Crippen LogP contribution in [0.2, 0.25) is 0 Å². The first kappa shape index (κ1) is 24.2. The Morgan fingerprint density at radius 1 is 1.06 bits per heavy atom. The Bertz CT molecular complexity index is 1170. The Hall–Kier alpha value is -3.45. The molecule has 172 valence electrons. The third kappa shape index (κ3) is 6.29. The predicted molar refractivity (Wildman–Crippen MR) is 128 cm³/mol. The molecular formula is C26H26O6S. The highest BCUT2D eigenvalue weighted by Gasteiger charge is 2.25. The fourth-order valence-corrected chi connectivity index (χ4v) is 4.00. The summed E-state index contributed by atoms with van der Waals surface area (Å²) in [4.78, 5) is 37.7. The summed E-state index contributed by atoms with van der Waals surface area (Å²) < 4.78 is 16.0. The fraction of sp³-hybridized carbons (Fsp3) is 0.269. The SMILES string of the molecule is C=CC(=O)OCCCc1cc(OC(=O)OC(C)(C)C)c(C(=O)c2cccs2)c2ccccc12. The molecule has 6 nitrogen and oxygen atoms in total. The summed E-state index contributed by atoms with van der Waals surface area (Å²) in [6, 6.07) is 12.7. The van der Waals surface area contributed by atoms with Gasteiger partial charge in [-0.2, -0.15) is 0 Å². The topological polar surface area (TPSA) is 78.9 Å². The molecular weight excluding hydrogens is 440 g/mol. The standard InChI is InChI=1S/C26H26O6S/c1-5-22(27)30-14-8-10-17-16-20(31-25(29)32-26(2,3)4)23(19-12-7-6-11-18(17)19)24(28)21-13-9-15-33-21/h5-7,9,11-13,15-16H,1,8,10,14H2,2-4H3. The first-order valence-corrected chi connectivity index (χ1v) is 11.4. The van der Waals surface area contributed by atoms with Crippen LogP contribution in [-0.4, -0.2) is 30.1 Å². The van der Waals surface area contributed by atoms with Gasteiger partial charge in [-0.15, -0.1) is 11.3 Å². The van der Waals surface area contributed by atoms with Gasteiger partial charge in [-0.05, 0) is 67.5 Å². The Labute approximate surface area is 196 Å². The van der Waals surface area contributed by atoms with Gasteiger partial charge in [-0.25, -0.2) is 9.59 Å². The van der Waals surface area contributed by atoms with Crippen LogP contribution in [0, 0.1) is 0 Å². The zero-order valence-electron chi connectivity index (χ0n) is 18.9. The maximum atomic E-state index is 13.4. The summed E-state index contributed by atoms with van der Waals surface area (Å²) in [7, 11) is 0. The lowest BCUT2D eigenvalue weighted by Crippen LogP contribution is -2.26. The van der Waals surface area contributed by atoms with E-state index in [2.05, 4.69) is 6.58 Å². The minimum absolute atomic E-state index is 0.138. The molecule has 0 aliphatic carbocycles. The molecule has 1 heterocycles. The van der Waals surface area contributed by atoms with Gasteiger partial charge >= 0.3 is 12.1 Å². The summed E-state index contributed by atoms with van der Waals surface area (Å²) in [5, 5.41) is 3.36. The number of hydrogen-bond acceptors (Lipinski definition) is 7. The average molecular weight is 467 g/mol. The van der Waals surface area contributed by atoms with E-state index in [0.717, 1.165) is 17.0 Å². The number of ether oxygens (including phenoxy) is 3. The lowest BCUT2D eigenvalue weighted by Gasteiger charge is -2.20. The molecule has 0 bridgehead atoms. The average Bonchev–Trinajstić information content (AvgIpc) is 3.29. The molecule has 2 aromatic carbocycles. The number of aryl methyl sites for hydroxylation is 1. The summed E-state index contributed by atoms with van der Waals surface area (Å²) in [6.45, 7) is 8.82. The third-order valence-electron chi connectivity index (χ3n) is 4.65. The van der Waals surface area contributed by atoms with E-state index in [1.54, 1.807) is 39.0 Å². The number of rotatable bonds is 8. The lowest BCUT2D eigenvalue weighted by molar-refractivity contribution is -0.137. The molecule has 0 aliphatic heterocycles. The van der Waals surface area contributed by atoms with Crippen LogP contribution in [0.25, 0.3) is 10.8 Å². The lowest BCUT2D eigenvalue weighted by atomic mass is 9.93. The van der Waals surface area contributed by atoms with E-state index < -0.39 is 17.7 Å².